The van der Waals surface area contributed by atoms with E-state index in [1.165, 1.54) is 110 Å². The third-order valence-corrected chi connectivity index (χ3v) is 16.0. The molecule has 5 aliphatic carbocycles. The molecule has 0 atom stereocenters. The second-order valence-corrected chi connectivity index (χ2v) is 19.4. The molecule has 4 fully saturated rings. The fraction of sp³-hybridized carbons (Fsp3) is 0.220. The van der Waals surface area contributed by atoms with Crippen LogP contribution in [-0.4, -0.2) is 4.57 Å². The van der Waals surface area contributed by atoms with Gasteiger partial charge in [0.25, 0.3) is 0 Å². The maximum atomic E-state index is 2.59. The first-order chi connectivity index (χ1) is 29.9. The molecule has 2 nitrogen and oxygen atoms in total. The zero-order chi connectivity index (χ0) is 40.5. The SMILES string of the molecule is CC1(C)c2ccccc2C2(c3ccc(N(c4ccc(-c5ccc(-n6c7ccccc7c7ccccc76)cc5)cc4)c4ccc5ccccc5c4)cc31)C1CC3CC(C1)CC2C3. The van der Waals surface area contributed by atoms with Gasteiger partial charge in [-0.2, -0.15) is 0 Å². The van der Waals surface area contributed by atoms with Gasteiger partial charge < -0.3 is 9.47 Å². The van der Waals surface area contributed by atoms with Crippen molar-refractivity contribution in [3.8, 4) is 16.8 Å². The Morgan fingerprint density at radius 3 is 1.61 bits per heavy atom. The van der Waals surface area contributed by atoms with Crippen LogP contribution in [0, 0.1) is 23.7 Å². The fourth-order valence-corrected chi connectivity index (χ4v) is 13.6. The molecule has 5 aliphatic rings. The molecule has 4 bridgehead atoms. The van der Waals surface area contributed by atoms with E-state index in [9.17, 15) is 0 Å². The number of anilines is 3. The quantitative estimate of drug-likeness (QED) is 0.169. The van der Waals surface area contributed by atoms with E-state index < -0.39 is 0 Å². The molecule has 0 aliphatic heterocycles. The average molecular weight is 787 g/mol. The van der Waals surface area contributed by atoms with E-state index in [2.05, 4.69) is 205 Å². The maximum Gasteiger partial charge on any atom is 0.0541 e. The Hall–Kier alpha value is -6.38. The third-order valence-electron chi connectivity index (χ3n) is 16.0. The summed E-state index contributed by atoms with van der Waals surface area (Å²) in [6.45, 7) is 4.97. The molecular formula is C59H50N2. The lowest BCUT2D eigenvalue weighted by Gasteiger charge is -2.64. The van der Waals surface area contributed by atoms with Crippen LogP contribution in [0.3, 0.4) is 0 Å². The first-order valence-electron chi connectivity index (χ1n) is 22.7. The smallest absolute Gasteiger partial charge is 0.0541 e. The van der Waals surface area contributed by atoms with Crippen LogP contribution in [0.1, 0.15) is 68.2 Å². The molecule has 9 aromatic rings. The van der Waals surface area contributed by atoms with E-state index in [0.717, 1.165) is 23.7 Å². The van der Waals surface area contributed by atoms with Gasteiger partial charge in [-0.15, -0.1) is 0 Å². The van der Waals surface area contributed by atoms with Gasteiger partial charge in [0.1, 0.15) is 0 Å². The number of hydrogen-bond acceptors (Lipinski definition) is 1. The van der Waals surface area contributed by atoms with Crippen molar-refractivity contribution in [2.75, 3.05) is 4.90 Å². The molecule has 1 heterocycles. The van der Waals surface area contributed by atoms with Crippen molar-refractivity contribution in [2.45, 2.75) is 56.8 Å². The van der Waals surface area contributed by atoms with Crippen molar-refractivity contribution in [3.05, 3.63) is 204 Å². The van der Waals surface area contributed by atoms with E-state index in [1.54, 1.807) is 11.1 Å². The molecule has 0 amide bonds. The maximum absolute atomic E-state index is 2.59. The standard InChI is InChI=1S/C59H50N2/c1-58(2)52-15-7-8-16-53(52)59(44-32-38-31-39(34-44)35-45(59)33-38)54-30-29-49(37-55(54)58)60(48-28-23-40-11-3-4-12-43(40)36-48)46-24-19-41(20-25-46)42-21-26-47(27-22-42)61-56-17-9-5-13-50(56)51-14-6-10-18-57(51)61/h3-30,36-39,44-45H,31-35H2,1-2H3. The number of rotatable bonds is 5. The van der Waals surface area contributed by atoms with Crippen molar-refractivity contribution in [1.29, 1.82) is 0 Å². The molecule has 2 heteroatoms. The van der Waals surface area contributed by atoms with Crippen molar-refractivity contribution >= 4 is 49.6 Å². The van der Waals surface area contributed by atoms with Crippen LogP contribution in [0.5, 0.6) is 0 Å². The number of hydrogen-bond donors (Lipinski definition) is 0. The summed E-state index contributed by atoms with van der Waals surface area (Å²) in [7, 11) is 0. The van der Waals surface area contributed by atoms with Crippen molar-refractivity contribution in [3.63, 3.8) is 0 Å². The highest BCUT2D eigenvalue weighted by molar-refractivity contribution is 6.09. The molecule has 14 rings (SSSR count). The summed E-state index contributed by atoms with van der Waals surface area (Å²) in [4.78, 5) is 2.50. The average Bonchev–Trinajstić information content (AvgIpc) is 3.64. The van der Waals surface area contributed by atoms with Gasteiger partial charge in [0, 0.05) is 44.4 Å². The summed E-state index contributed by atoms with van der Waals surface area (Å²) < 4.78 is 2.39. The minimum absolute atomic E-state index is 0.111. The predicted octanol–water partition coefficient (Wildman–Crippen LogP) is 15.5. The van der Waals surface area contributed by atoms with Crippen molar-refractivity contribution in [1.82, 2.24) is 4.57 Å². The highest BCUT2D eigenvalue weighted by Crippen LogP contribution is 2.69. The Morgan fingerprint density at radius 1 is 0.426 bits per heavy atom. The Balaban J connectivity index is 0.922. The minimum Gasteiger partial charge on any atom is -0.310 e. The van der Waals surface area contributed by atoms with Gasteiger partial charge in [0.05, 0.1) is 11.0 Å². The number of aromatic nitrogens is 1. The summed E-state index contributed by atoms with van der Waals surface area (Å²) in [5, 5.41) is 5.09. The van der Waals surface area contributed by atoms with E-state index in [0.29, 0.717) is 0 Å². The van der Waals surface area contributed by atoms with Gasteiger partial charge in [-0.25, -0.2) is 0 Å². The molecule has 61 heavy (non-hydrogen) atoms. The third kappa shape index (κ3) is 5.09. The monoisotopic (exact) mass is 786 g/mol. The molecular weight excluding hydrogens is 737 g/mol. The first kappa shape index (κ1) is 35.4. The number of benzene rings is 8. The second kappa shape index (κ2) is 13.1. The summed E-state index contributed by atoms with van der Waals surface area (Å²) in [5.41, 5.74) is 15.9. The van der Waals surface area contributed by atoms with E-state index in [4.69, 9.17) is 0 Å². The summed E-state index contributed by atoms with van der Waals surface area (Å²) in [5.74, 6) is 3.29. The van der Waals surface area contributed by atoms with E-state index in [1.807, 2.05) is 0 Å². The lowest BCUT2D eigenvalue weighted by Crippen LogP contribution is -2.58. The Labute approximate surface area is 359 Å². The molecule has 0 unspecified atom stereocenters. The van der Waals surface area contributed by atoms with Crippen molar-refractivity contribution in [2.24, 2.45) is 23.7 Å². The second-order valence-electron chi connectivity index (χ2n) is 19.4. The molecule has 296 valence electrons. The van der Waals surface area contributed by atoms with Crippen LogP contribution in [0.25, 0.3) is 49.4 Å². The van der Waals surface area contributed by atoms with Gasteiger partial charge in [-0.1, -0.05) is 135 Å². The van der Waals surface area contributed by atoms with Crippen LogP contribution < -0.4 is 4.90 Å². The van der Waals surface area contributed by atoms with E-state index in [-0.39, 0.29) is 10.8 Å². The molecule has 1 spiro atoms. The molecule has 1 aromatic heterocycles. The largest absolute Gasteiger partial charge is 0.310 e. The molecule has 8 aromatic carbocycles. The zero-order valence-corrected chi connectivity index (χ0v) is 35.1. The van der Waals surface area contributed by atoms with Crippen LogP contribution in [-0.2, 0) is 10.8 Å². The van der Waals surface area contributed by atoms with E-state index >= 15 is 0 Å². The lowest BCUT2D eigenvalue weighted by atomic mass is 9.39. The normalized spacial score (nSPS) is 23.1. The van der Waals surface area contributed by atoms with Crippen LogP contribution >= 0.6 is 0 Å². The molecule has 0 N–H and O–H groups in total. The Kier molecular flexibility index (Phi) is 7.58. The highest BCUT2D eigenvalue weighted by Gasteiger charge is 2.62. The number of fused-ring (bicyclic) bond motifs is 6. The summed E-state index contributed by atoms with van der Waals surface area (Å²) in [6.07, 6.45) is 7.03. The van der Waals surface area contributed by atoms with Gasteiger partial charge in [-0.3, -0.25) is 0 Å². The van der Waals surface area contributed by atoms with Gasteiger partial charge in [-0.05, 0) is 161 Å². The fourth-order valence-electron chi connectivity index (χ4n) is 13.6. The van der Waals surface area contributed by atoms with Gasteiger partial charge in [0.15, 0.2) is 0 Å². The van der Waals surface area contributed by atoms with Gasteiger partial charge >= 0.3 is 0 Å². The number of para-hydroxylation sites is 2. The predicted molar refractivity (Wildman–Crippen MR) is 255 cm³/mol. The lowest BCUT2D eigenvalue weighted by molar-refractivity contribution is -0.0443. The Bertz CT molecular complexity index is 3100. The highest BCUT2D eigenvalue weighted by atomic mass is 15.1. The van der Waals surface area contributed by atoms with Crippen LogP contribution in [0.4, 0.5) is 17.1 Å². The molecule has 4 saturated carbocycles. The summed E-state index contributed by atoms with van der Waals surface area (Å²) in [6, 6.07) is 68.8. The topological polar surface area (TPSA) is 8.17 Å². The first-order valence-corrected chi connectivity index (χ1v) is 22.7. The Morgan fingerprint density at radius 2 is 0.934 bits per heavy atom. The molecule has 0 radical (unpaired) electrons. The van der Waals surface area contributed by atoms with Crippen LogP contribution in [0.2, 0.25) is 0 Å². The van der Waals surface area contributed by atoms with Crippen molar-refractivity contribution < 1.29 is 0 Å². The van der Waals surface area contributed by atoms with Gasteiger partial charge in [0.2, 0.25) is 0 Å². The zero-order valence-electron chi connectivity index (χ0n) is 35.1. The van der Waals surface area contributed by atoms with Crippen LogP contribution in [0.15, 0.2) is 182 Å². The summed E-state index contributed by atoms with van der Waals surface area (Å²) >= 11 is 0. The minimum atomic E-state index is -0.119. The molecule has 0 saturated heterocycles. The number of nitrogens with zero attached hydrogens (tertiary/aromatic N) is 2.